The van der Waals surface area contributed by atoms with E-state index in [-0.39, 0.29) is 5.91 Å². The van der Waals surface area contributed by atoms with E-state index in [2.05, 4.69) is 25.6 Å². The first-order chi connectivity index (χ1) is 9.19. The number of anilines is 1. The third kappa shape index (κ3) is 3.48. The summed E-state index contributed by atoms with van der Waals surface area (Å²) < 4.78 is 0. The lowest BCUT2D eigenvalue weighted by atomic mass is 10.2. The van der Waals surface area contributed by atoms with Crippen LogP contribution in [-0.4, -0.2) is 27.9 Å². The Labute approximate surface area is 111 Å². The molecule has 0 saturated carbocycles. The van der Waals surface area contributed by atoms with Crippen LogP contribution in [0.2, 0.25) is 0 Å². The van der Waals surface area contributed by atoms with E-state index in [4.69, 9.17) is 0 Å². The average Bonchev–Trinajstić information content (AvgIpc) is 2.45. The number of pyridine rings is 1. The Hall–Kier alpha value is -2.50. The molecular weight excluding hydrogens is 242 g/mol. The number of rotatable bonds is 4. The van der Waals surface area contributed by atoms with Gasteiger partial charge in [-0.2, -0.15) is 0 Å². The van der Waals surface area contributed by atoms with Crippen LogP contribution in [0.15, 0.2) is 30.6 Å². The molecule has 98 valence electrons. The van der Waals surface area contributed by atoms with Crippen LogP contribution in [0.4, 0.5) is 5.82 Å². The van der Waals surface area contributed by atoms with E-state index < -0.39 is 0 Å². The molecule has 6 nitrogen and oxygen atoms in total. The van der Waals surface area contributed by atoms with Gasteiger partial charge in [0.25, 0.3) is 5.91 Å². The van der Waals surface area contributed by atoms with Crippen molar-refractivity contribution in [2.75, 3.05) is 12.4 Å². The number of hydrogen-bond donors (Lipinski definition) is 2. The summed E-state index contributed by atoms with van der Waals surface area (Å²) in [4.78, 5) is 24.2. The van der Waals surface area contributed by atoms with Gasteiger partial charge in [-0.1, -0.05) is 0 Å². The molecule has 2 aromatic rings. The summed E-state index contributed by atoms with van der Waals surface area (Å²) in [5.41, 5.74) is 1.30. The van der Waals surface area contributed by atoms with E-state index in [0.717, 1.165) is 11.5 Å². The highest BCUT2D eigenvalue weighted by molar-refractivity contribution is 5.93. The van der Waals surface area contributed by atoms with E-state index in [1.807, 2.05) is 6.92 Å². The van der Waals surface area contributed by atoms with E-state index in [1.54, 1.807) is 31.4 Å². The van der Waals surface area contributed by atoms with E-state index in [9.17, 15) is 4.79 Å². The fourth-order valence-electron chi connectivity index (χ4n) is 1.55. The number of amides is 1. The molecule has 0 saturated heterocycles. The Morgan fingerprint density at radius 3 is 2.74 bits per heavy atom. The van der Waals surface area contributed by atoms with Crippen LogP contribution in [0.3, 0.4) is 0 Å². The minimum absolute atomic E-state index is 0.175. The summed E-state index contributed by atoms with van der Waals surface area (Å²) in [6, 6.07) is 5.25. The van der Waals surface area contributed by atoms with Crippen molar-refractivity contribution in [1.29, 1.82) is 0 Å². The van der Waals surface area contributed by atoms with Gasteiger partial charge in [-0.15, -0.1) is 0 Å². The summed E-state index contributed by atoms with van der Waals surface area (Å²) >= 11 is 0. The van der Waals surface area contributed by atoms with Crippen molar-refractivity contribution in [2.24, 2.45) is 0 Å². The maximum atomic E-state index is 11.9. The second kappa shape index (κ2) is 5.90. The maximum Gasteiger partial charge on any atom is 0.253 e. The Kier molecular flexibility index (Phi) is 4.02. The Morgan fingerprint density at radius 1 is 1.26 bits per heavy atom. The van der Waals surface area contributed by atoms with Crippen molar-refractivity contribution in [1.82, 2.24) is 20.3 Å². The quantitative estimate of drug-likeness (QED) is 0.859. The third-order valence-electron chi connectivity index (χ3n) is 2.55. The third-order valence-corrected chi connectivity index (χ3v) is 2.55. The fraction of sp³-hybridized carbons (Fsp3) is 0.231. The van der Waals surface area contributed by atoms with Gasteiger partial charge in [0, 0.05) is 19.4 Å². The van der Waals surface area contributed by atoms with Crippen LogP contribution in [0, 0.1) is 6.92 Å². The summed E-state index contributed by atoms with van der Waals surface area (Å²) in [6.07, 6.45) is 3.21. The zero-order valence-corrected chi connectivity index (χ0v) is 10.8. The van der Waals surface area contributed by atoms with E-state index in [1.165, 1.54) is 6.20 Å². The lowest BCUT2D eigenvalue weighted by molar-refractivity contribution is 0.0950. The van der Waals surface area contributed by atoms with Crippen LogP contribution in [0.5, 0.6) is 0 Å². The molecule has 0 unspecified atom stereocenters. The summed E-state index contributed by atoms with van der Waals surface area (Å²) in [5, 5.41) is 5.69. The molecule has 0 aliphatic carbocycles. The maximum absolute atomic E-state index is 11.9. The largest absolute Gasteiger partial charge is 0.373 e. The normalized spacial score (nSPS) is 10.0. The standard InChI is InChI=1S/C13H15N5O/c1-9-15-6-5-11(18-9)8-17-13(19)10-3-4-12(14-2)16-7-10/h3-7H,8H2,1-2H3,(H,14,16)(H,17,19). The molecule has 1 amide bonds. The van der Waals surface area contributed by atoms with Crippen LogP contribution in [0.1, 0.15) is 21.9 Å². The van der Waals surface area contributed by atoms with Crippen molar-refractivity contribution in [3.05, 3.63) is 47.7 Å². The van der Waals surface area contributed by atoms with Crippen molar-refractivity contribution >= 4 is 11.7 Å². The Balaban J connectivity index is 1.97. The molecule has 0 fully saturated rings. The summed E-state index contributed by atoms with van der Waals surface area (Å²) in [7, 11) is 1.78. The number of nitrogens with zero attached hydrogens (tertiary/aromatic N) is 3. The lowest BCUT2D eigenvalue weighted by Gasteiger charge is -2.05. The van der Waals surface area contributed by atoms with E-state index in [0.29, 0.717) is 17.9 Å². The van der Waals surface area contributed by atoms with Crippen molar-refractivity contribution < 1.29 is 4.79 Å². The zero-order chi connectivity index (χ0) is 13.7. The van der Waals surface area contributed by atoms with Crippen LogP contribution >= 0.6 is 0 Å². The van der Waals surface area contributed by atoms with Gasteiger partial charge in [-0.25, -0.2) is 15.0 Å². The zero-order valence-electron chi connectivity index (χ0n) is 10.8. The molecule has 0 bridgehead atoms. The SMILES string of the molecule is CNc1ccc(C(=O)NCc2ccnc(C)n2)cn1. The Bertz CT molecular complexity index is 568. The Morgan fingerprint density at radius 2 is 2.11 bits per heavy atom. The summed E-state index contributed by atoms with van der Waals surface area (Å²) in [6.45, 7) is 2.18. The molecule has 0 spiro atoms. The smallest absolute Gasteiger partial charge is 0.253 e. The topological polar surface area (TPSA) is 79.8 Å². The number of hydrogen-bond acceptors (Lipinski definition) is 5. The molecule has 2 rings (SSSR count). The molecule has 6 heteroatoms. The molecule has 0 aliphatic rings. The number of aryl methyl sites for hydroxylation is 1. The number of carbonyl (C=O) groups excluding carboxylic acids is 1. The molecule has 2 aromatic heterocycles. The minimum Gasteiger partial charge on any atom is -0.373 e. The predicted octanol–water partition coefficient (Wildman–Crippen LogP) is 1.15. The lowest BCUT2D eigenvalue weighted by Crippen LogP contribution is -2.23. The van der Waals surface area contributed by atoms with Gasteiger partial charge < -0.3 is 10.6 Å². The highest BCUT2D eigenvalue weighted by atomic mass is 16.1. The molecule has 2 heterocycles. The van der Waals surface area contributed by atoms with Gasteiger partial charge in [0.05, 0.1) is 17.8 Å². The molecular formula is C13H15N5O. The first-order valence-electron chi connectivity index (χ1n) is 5.89. The first-order valence-corrected chi connectivity index (χ1v) is 5.89. The van der Waals surface area contributed by atoms with Crippen molar-refractivity contribution in [2.45, 2.75) is 13.5 Å². The number of nitrogens with one attached hydrogen (secondary N) is 2. The highest BCUT2D eigenvalue weighted by Gasteiger charge is 2.06. The van der Waals surface area contributed by atoms with Gasteiger partial charge in [0.1, 0.15) is 11.6 Å². The molecule has 0 aliphatic heterocycles. The molecule has 2 N–H and O–H groups in total. The summed E-state index contributed by atoms with van der Waals surface area (Å²) in [5.74, 6) is 1.24. The number of carbonyl (C=O) groups is 1. The molecule has 19 heavy (non-hydrogen) atoms. The van der Waals surface area contributed by atoms with Gasteiger partial charge in [-0.05, 0) is 25.1 Å². The van der Waals surface area contributed by atoms with Gasteiger partial charge >= 0.3 is 0 Å². The second-order valence-electron chi connectivity index (χ2n) is 3.96. The van der Waals surface area contributed by atoms with Crippen molar-refractivity contribution in [3.8, 4) is 0 Å². The van der Waals surface area contributed by atoms with Crippen LogP contribution in [-0.2, 0) is 6.54 Å². The highest BCUT2D eigenvalue weighted by Crippen LogP contribution is 2.04. The molecule has 0 aromatic carbocycles. The molecule has 0 atom stereocenters. The first kappa shape index (κ1) is 12.9. The van der Waals surface area contributed by atoms with Gasteiger partial charge in [0.15, 0.2) is 0 Å². The van der Waals surface area contributed by atoms with E-state index >= 15 is 0 Å². The van der Waals surface area contributed by atoms with Crippen molar-refractivity contribution in [3.63, 3.8) is 0 Å². The number of aromatic nitrogens is 3. The second-order valence-corrected chi connectivity index (χ2v) is 3.96. The van der Waals surface area contributed by atoms with Gasteiger partial charge in [0.2, 0.25) is 0 Å². The monoisotopic (exact) mass is 257 g/mol. The minimum atomic E-state index is -0.175. The van der Waals surface area contributed by atoms with Crippen LogP contribution < -0.4 is 10.6 Å². The van der Waals surface area contributed by atoms with Crippen LogP contribution in [0.25, 0.3) is 0 Å². The average molecular weight is 257 g/mol. The fourth-order valence-corrected chi connectivity index (χ4v) is 1.55. The molecule has 0 radical (unpaired) electrons. The predicted molar refractivity (Wildman–Crippen MR) is 71.7 cm³/mol. The van der Waals surface area contributed by atoms with Gasteiger partial charge in [-0.3, -0.25) is 4.79 Å².